The fraction of sp³-hybridized carbons (Fsp3) is 0.917. The smallest absolute Gasteiger partial charge is 0.149 e. The van der Waals surface area contributed by atoms with Crippen LogP contribution >= 0.6 is 0 Å². The van der Waals surface area contributed by atoms with Gasteiger partial charge in [-0.2, -0.15) is 0 Å². The molecule has 0 aromatic heterocycles. The van der Waals surface area contributed by atoms with Crippen molar-refractivity contribution in [3.63, 3.8) is 0 Å². The van der Waals surface area contributed by atoms with E-state index in [1.165, 1.54) is 0 Å². The van der Waals surface area contributed by atoms with Crippen molar-refractivity contribution in [1.82, 2.24) is 5.32 Å². The first-order valence-electron chi connectivity index (χ1n) is 5.62. The van der Waals surface area contributed by atoms with Gasteiger partial charge in [-0.25, -0.2) is 0 Å². The fourth-order valence-electron chi connectivity index (χ4n) is 1.46. The Hall–Kier alpha value is -0.370. The van der Waals surface area contributed by atoms with Crippen molar-refractivity contribution in [2.75, 3.05) is 0 Å². The highest BCUT2D eigenvalue weighted by molar-refractivity contribution is 5.84. The second-order valence-electron chi connectivity index (χ2n) is 5.08. The molecule has 2 atom stereocenters. The van der Waals surface area contributed by atoms with Crippen LogP contribution in [0, 0.1) is 5.92 Å². The van der Waals surface area contributed by atoms with E-state index in [0.29, 0.717) is 18.1 Å². The number of carbonyl (C=O) groups excluding carboxylic acids is 1. The lowest BCUT2D eigenvalue weighted by Crippen LogP contribution is -2.50. The molecule has 0 bridgehead atoms. The molecular formula is C12H25NO. The minimum absolute atomic E-state index is 0.0128. The lowest BCUT2D eigenvalue weighted by Gasteiger charge is -2.31. The summed E-state index contributed by atoms with van der Waals surface area (Å²) in [6.07, 6.45) is 1.66. The fourth-order valence-corrected chi connectivity index (χ4v) is 1.46. The zero-order chi connectivity index (χ0) is 11.4. The molecule has 0 aromatic rings. The molecule has 1 N–H and O–H groups in total. The minimum atomic E-state index is 0.0128. The molecule has 0 rings (SSSR count). The van der Waals surface area contributed by atoms with Gasteiger partial charge in [0.1, 0.15) is 5.78 Å². The van der Waals surface area contributed by atoms with Crippen molar-refractivity contribution in [2.45, 2.75) is 66.0 Å². The van der Waals surface area contributed by atoms with Gasteiger partial charge in [0.2, 0.25) is 0 Å². The van der Waals surface area contributed by atoms with Crippen molar-refractivity contribution in [3.05, 3.63) is 0 Å². The van der Waals surface area contributed by atoms with Gasteiger partial charge in [0.15, 0.2) is 0 Å². The Labute approximate surface area is 88.5 Å². The second-order valence-corrected chi connectivity index (χ2v) is 5.08. The van der Waals surface area contributed by atoms with Crippen LogP contribution in [0.5, 0.6) is 0 Å². The van der Waals surface area contributed by atoms with E-state index in [1.54, 1.807) is 0 Å². The van der Waals surface area contributed by atoms with Gasteiger partial charge in [0.25, 0.3) is 0 Å². The Bertz CT molecular complexity index is 181. The summed E-state index contributed by atoms with van der Waals surface area (Å²) in [5.74, 6) is 0.746. The van der Waals surface area contributed by atoms with Crippen molar-refractivity contribution in [3.8, 4) is 0 Å². The van der Waals surface area contributed by atoms with Crippen LogP contribution in [0.1, 0.15) is 54.4 Å². The topological polar surface area (TPSA) is 29.1 Å². The Kier molecular flexibility index (Phi) is 5.35. The van der Waals surface area contributed by atoms with Crippen molar-refractivity contribution < 1.29 is 4.79 Å². The molecular weight excluding hydrogens is 174 g/mol. The molecule has 84 valence electrons. The van der Waals surface area contributed by atoms with Crippen LogP contribution in [0.3, 0.4) is 0 Å². The molecule has 0 saturated carbocycles. The first-order chi connectivity index (χ1) is 6.31. The largest absolute Gasteiger partial charge is 0.303 e. The number of hydrogen-bond donors (Lipinski definition) is 1. The Morgan fingerprint density at radius 1 is 1.29 bits per heavy atom. The van der Waals surface area contributed by atoms with Crippen molar-refractivity contribution >= 4 is 5.78 Å². The van der Waals surface area contributed by atoms with Crippen LogP contribution in [0.25, 0.3) is 0 Å². The number of Topliss-reactive ketones (excluding diaryl/α,β-unsaturated/α-hetero) is 1. The van der Waals surface area contributed by atoms with Crippen LogP contribution in [0.2, 0.25) is 0 Å². The van der Waals surface area contributed by atoms with Gasteiger partial charge in [-0.1, -0.05) is 27.2 Å². The molecule has 0 saturated heterocycles. The van der Waals surface area contributed by atoms with E-state index in [-0.39, 0.29) is 11.6 Å². The zero-order valence-corrected chi connectivity index (χ0v) is 10.5. The summed E-state index contributed by atoms with van der Waals surface area (Å²) in [6.45, 7) is 12.5. The molecule has 0 spiro atoms. The van der Waals surface area contributed by atoms with Crippen LogP contribution in [0.15, 0.2) is 0 Å². The van der Waals surface area contributed by atoms with Gasteiger partial charge in [0, 0.05) is 12.0 Å². The minimum Gasteiger partial charge on any atom is -0.303 e. The van der Waals surface area contributed by atoms with Crippen molar-refractivity contribution in [2.24, 2.45) is 5.92 Å². The van der Waals surface area contributed by atoms with E-state index in [1.807, 2.05) is 6.92 Å². The van der Waals surface area contributed by atoms with Gasteiger partial charge in [0.05, 0.1) is 6.04 Å². The summed E-state index contributed by atoms with van der Waals surface area (Å²) in [5, 5.41) is 3.41. The Morgan fingerprint density at radius 2 is 1.79 bits per heavy atom. The van der Waals surface area contributed by atoms with Gasteiger partial charge < -0.3 is 5.32 Å². The molecule has 0 aliphatic rings. The van der Waals surface area contributed by atoms with E-state index in [2.05, 4.69) is 39.9 Å². The molecule has 0 amide bonds. The normalized spacial score (nSPS) is 16.4. The van der Waals surface area contributed by atoms with Crippen LogP contribution in [-0.4, -0.2) is 17.4 Å². The van der Waals surface area contributed by atoms with Gasteiger partial charge in [-0.15, -0.1) is 0 Å². The molecule has 0 aromatic carbocycles. The van der Waals surface area contributed by atoms with Crippen LogP contribution in [-0.2, 0) is 4.79 Å². The number of carbonyl (C=O) groups is 1. The lowest BCUT2D eigenvalue weighted by molar-refractivity contribution is -0.122. The Morgan fingerprint density at radius 3 is 2.07 bits per heavy atom. The number of ketones is 1. The highest BCUT2D eigenvalue weighted by atomic mass is 16.1. The van der Waals surface area contributed by atoms with E-state index in [9.17, 15) is 4.79 Å². The molecule has 2 unspecified atom stereocenters. The lowest BCUT2D eigenvalue weighted by atomic mass is 9.91. The molecule has 0 aliphatic heterocycles. The Balaban J connectivity index is 4.48. The number of rotatable bonds is 5. The quantitative estimate of drug-likeness (QED) is 0.737. The summed E-state index contributed by atoms with van der Waals surface area (Å²) >= 11 is 0. The predicted octanol–water partition coefficient (Wildman–Crippen LogP) is 2.77. The molecule has 0 radical (unpaired) electrons. The maximum Gasteiger partial charge on any atom is 0.149 e. The first kappa shape index (κ1) is 13.6. The van der Waals surface area contributed by atoms with E-state index < -0.39 is 0 Å². The third-order valence-corrected chi connectivity index (χ3v) is 2.50. The molecule has 0 heterocycles. The highest BCUT2D eigenvalue weighted by Gasteiger charge is 2.26. The summed E-state index contributed by atoms with van der Waals surface area (Å²) in [5.41, 5.74) is 0.0128. The monoisotopic (exact) mass is 199 g/mol. The SMILES string of the molecule is CCC(=O)C(NC(C)(C)C)C(C)CC. The third-order valence-electron chi connectivity index (χ3n) is 2.50. The number of hydrogen-bond acceptors (Lipinski definition) is 2. The first-order valence-corrected chi connectivity index (χ1v) is 5.62. The summed E-state index contributed by atoms with van der Waals surface area (Å²) in [4.78, 5) is 11.7. The van der Waals surface area contributed by atoms with Crippen molar-refractivity contribution in [1.29, 1.82) is 0 Å². The second kappa shape index (κ2) is 5.50. The standard InChI is InChI=1S/C12H25NO/c1-7-9(3)11(10(14)8-2)13-12(4,5)6/h9,11,13H,7-8H2,1-6H3. The zero-order valence-electron chi connectivity index (χ0n) is 10.5. The maximum absolute atomic E-state index is 11.7. The molecule has 2 nitrogen and oxygen atoms in total. The number of nitrogens with one attached hydrogen (secondary N) is 1. The molecule has 0 fully saturated rings. The van der Waals surface area contributed by atoms with Crippen LogP contribution < -0.4 is 5.32 Å². The molecule has 14 heavy (non-hydrogen) atoms. The van der Waals surface area contributed by atoms with E-state index in [0.717, 1.165) is 6.42 Å². The van der Waals surface area contributed by atoms with Gasteiger partial charge >= 0.3 is 0 Å². The third kappa shape index (κ3) is 4.75. The highest BCUT2D eigenvalue weighted by Crippen LogP contribution is 2.14. The predicted molar refractivity (Wildman–Crippen MR) is 61.4 cm³/mol. The van der Waals surface area contributed by atoms with E-state index >= 15 is 0 Å². The summed E-state index contributed by atoms with van der Waals surface area (Å²) in [7, 11) is 0. The summed E-state index contributed by atoms with van der Waals surface area (Å²) < 4.78 is 0. The van der Waals surface area contributed by atoms with Gasteiger partial charge in [-0.05, 0) is 26.7 Å². The average molecular weight is 199 g/mol. The molecule has 2 heteroatoms. The van der Waals surface area contributed by atoms with Gasteiger partial charge in [-0.3, -0.25) is 4.79 Å². The average Bonchev–Trinajstić information content (AvgIpc) is 2.10. The molecule has 0 aliphatic carbocycles. The van der Waals surface area contributed by atoms with Crippen LogP contribution in [0.4, 0.5) is 0 Å². The van der Waals surface area contributed by atoms with E-state index in [4.69, 9.17) is 0 Å². The maximum atomic E-state index is 11.7. The summed E-state index contributed by atoms with van der Waals surface area (Å²) in [6, 6.07) is 0.0185.